The van der Waals surface area contributed by atoms with Crippen molar-refractivity contribution in [2.24, 2.45) is 0 Å². The lowest BCUT2D eigenvalue weighted by molar-refractivity contribution is -0.219. The standard InChI is InChI=1S/C12H16O4/c1-7-9(13)10(14)11(15)12(16-7)8-5-3-2-4-6-8/h2-7,9-15H,1H3/t7-,9-,10-,11-,12+/m1/s1. The topological polar surface area (TPSA) is 69.9 Å². The van der Waals surface area contributed by atoms with Crippen molar-refractivity contribution in [2.75, 3.05) is 0 Å². The number of aliphatic hydroxyl groups is 3. The number of rotatable bonds is 1. The highest BCUT2D eigenvalue weighted by Gasteiger charge is 2.42. The predicted molar refractivity (Wildman–Crippen MR) is 57.8 cm³/mol. The first-order chi connectivity index (χ1) is 7.61. The Morgan fingerprint density at radius 2 is 1.56 bits per heavy atom. The van der Waals surface area contributed by atoms with Gasteiger partial charge in [-0.2, -0.15) is 0 Å². The summed E-state index contributed by atoms with van der Waals surface area (Å²) in [5, 5.41) is 29.1. The Morgan fingerprint density at radius 3 is 2.19 bits per heavy atom. The van der Waals surface area contributed by atoms with Gasteiger partial charge in [-0.25, -0.2) is 0 Å². The van der Waals surface area contributed by atoms with Gasteiger partial charge in [-0.15, -0.1) is 0 Å². The molecule has 1 aliphatic rings. The molecule has 1 aliphatic heterocycles. The molecule has 0 saturated carbocycles. The van der Waals surface area contributed by atoms with E-state index in [-0.39, 0.29) is 0 Å². The molecule has 5 atom stereocenters. The number of aliphatic hydroxyl groups excluding tert-OH is 3. The third-order valence-corrected chi connectivity index (χ3v) is 2.98. The Bertz CT molecular complexity index is 340. The molecule has 3 N–H and O–H groups in total. The summed E-state index contributed by atoms with van der Waals surface area (Å²) in [6, 6.07) is 9.20. The van der Waals surface area contributed by atoms with Gasteiger partial charge in [0, 0.05) is 0 Å². The van der Waals surface area contributed by atoms with Crippen molar-refractivity contribution in [2.45, 2.75) is 37.4 Å². The number of hydrogen-bond donors (Lipinski definition) is 3. The summed E-state index contributed by atoms with van der Waals surface area (Å²) in [6.07, 6.45) is -4.41. The quantitative estimate of drug-likeness (QED) is 0.638. The molecule has 4 heteroatoms. The third kappa shape index (κ3) is 1.97. The summed E-state index contributed by atoms with van der Waals surface area (Å²) < 4.78 is 5.51. The minimum absolute atomic E-state index is 0.497. The molecular weight excluding hydrogens is 208 g/mol. The zero-order valence-corrected chi connectivity index (χ0v) is 9.02. The molecule has 88 valence electrons. The molecule has 1 saturated heterocycles. The second-order valence-electron chi connectivity index (χ2n) is 4.14. The minimum Gasteiger partial charge on any atom is -0.388 e. The van der Waals surface area contributed by atoms with E-state index in [1.54, 1.807) is 6.92 Å². The molecule has 0 radical (unpaired) electrons. The van der Waals surface area contributed by atoms with Crippen LogP contribution in [0.25, 0.3) is 0 Å². The fraction of sp³-hybridized carbons (Fsp3) is 0.500. The van der Waals surface area contributed by atoms with Crippen LogP contribution in [0.3, 0.4) is 0 Å². The molecule has 16 heavy (non-hydrogen) atoms. The van der Waals surface area contributed by atoms with Gasteiger partial charge in [-0.1, -0.05) is 30.3 Å². The molecule has 1 fully saturated rings. The second kappa shape index (κ2) is 4.51. The van der Waals surface area contributed by atoms with Crippen molar-refractivity contribution in [3.05, 3.63) is 35.9 Å². The van der Waals surface area contributed by atoms with E-state index in [9.17, 15) is 15.3 Å². The average molecular weight is 224 g/mol. The van der Waals surface area contributed by atoms with E-state index in [0.717, 1.165) is 5.56 Å². The maximum Gasteiger partial charge on any atom is 0.113 e. The Morgan fingerprint density at radius 1 is 0.938 bits per heavy atom. The van der Waals surface area contributed by atoms with Crippen LogP contribution in [0.5, 0.6) is 0 Å². The Balaban J connectivity index is 2.23. The summed E-state index contributed by atoms with van der Waals surface area (Å²) in [5.74, 6) is 0. The van der Waals surface area contributed by atoms with Crippen LogP contribution in [0.4, 0.5) is 0 Å². The molecule has 1 aromatic rings. The molecule has 4 nitrogen and oxygen atoms in total. The van der Waals surface area contributed by atoms with Gasteiger partial charge in [-0.3, -0.25) is 0 Å². The first-order valence-corrected chi connectivity index (χ1v) is 5.36. The number of hydrogen-bond acceptors (Lipinski definition) is 4. The summed E-state index contributed by atoms with van der Waals surface area (Å²) in [7, 11) is 0. The van der Waals surface area contributed by atoms with Gasteiger partial charge >= 0.3 is 0 Å². The molecule has 0 spiro atoms. The van der Waals surface area contributed by atoms with Crippen LogP contribution in [-0.4, -0.2) is 39.7 Å². The van der Waals surface area contributed by atoms with Crippen LogP contribution in [0.1, 0.15) is 18.6 Å². The van der Waals surface area contributed by atoms with E-state index >= 15 is 0 Å². The summed E-state index contributed by atoms with van der Waals surface area (Å²) >= 11 is 0. The lowest BCUT2D eigenvalue weighted by Gasteiger charge is -2.39. The molecule has 2 rings (SSSR count). The Kier molecular flexibility index (Phi) is 3.25. The molecule has 0 aromatic heterocycles. The van der Waals surface area contributed by atoms with Crippen molar-refractivity contribution in [1.29, 1.82) is 0 Å². The monoisotopic (exact) mass is 224 g/mol. The zero-order chi connectivity index (χ0) is 11.7. The SMILES string of the molecule is C[C@H]1O[C@@H](c2ccccc2)[C@H](O)[C@H](O)[C@@H]1O. The summed E-state index contributed by atoms with van der Waals surface area (Å²) in [6.45, 7) is 1.68. The van der Waals surface area contributed by atoms with Crippen LogP contribution >= 0.6 is 0 Å². The molecule has 1 aromatic carbocycles. The van der Waals surface area contributed by atoms with Crippen LogP contribution in [-0.2, 0) is 4.74 Å². The molecule has 0 unspecified atom stereocenters. The second-order valence-corrected chi connectivity index (χ2v) is 4.14. The Hall–Kier alpha value is -0.940. The van der Waals surface area contributed by atoms with Crippen molar-refractivity contribution >= 4 is 0 Å². The van der Waals surface area contributed by atoms with Gasteiger partial charge in [0.15, 0.2) is 0 Å². The van der Waals surface area contributed by atoms with E-state index in [1.807, 2.05) is 30.3 Å². The Labute approximate surface area is 94.1 Å². The summed E-state index contributed by atoms with van der Waals surface area (Å²) in [4.78, 5) is 0. The van der Waals surface area contributed by atoms with Crippen molar-refractivity contribution < 1.29 is 20.1 Å². The van der Waals surface area contributed by atoms with Crippen molar-refractivity contribution in [3.8, 4) is 0 Å². The normalized spacial score (nSPS) is 39.6. The average Bonchev–Trinajstić information content (AvgIpc) is 2.32. The highest BCUT2D eigenvalue weighted by Crippen LogP contribution is 2.31. The lowest BCUT2D eigenvalue weighted by Crippen LogP contribution is -2.53. The van der Waals surface area contributed by atoms with E-state index in [0.29, 0.717) is 0 Å². The number of benzene rings is 1. The molecule has 0 aliphatic carbocycles. The summed E-state index contributed by atoms with van der Waals surface area (Å²) in [5.41, 5.74) is 0.799. The van der Waals surface area contributed by atoms with Gasteiger partial charge in [0.25, 0.3) is 0 Å². The highest BCUT2D eigenvalue weighted by molar-refractivity contribution is 5.20. The first kappa shape index (κ1) is 11.5. The maximum atomic E-state index is 9.84. The van der Waals surface area contributed by atoms with Crippen LogP contribution in [0.15, 0.2) is 30.3 Å². The predicted octanol–water partition coefficient (Wildman–Crippen LogP) is 0.229. The van der Waals surface area contributed by atoms with E-state index < -0.39 is 30.5 Å². The maximum absolute atomic E-state index is 9.84. The molecule has 0 amide bonds. The highest BCUT2D eigenvalue weighted by atomic mass is 16.5. The largest absolute Gasteiger partial charge is 0.388 e. The fourth-order valence-corrected chi connectivity index (χ4v) is 1.97. The number of ether oxygens (including phenoxy) is 1. The molecular formula is C12H16O4. The van der Waals surface area contributed by atoms with Gasteiger partial charge < -0.3 is 20.1 Å². The molecule has 0 bridgehead atoms. The van der Waals surface area contributed by atoms with E-state index in [2.05, 4.69) is 0 Å². The van der Waals surface area contributed by atoms with Crippen LogP contribution < -0.4 is 0 Å². The smallest absolute Gasteiger partial charge is 0.113 e. The lowest BCUT2D eigenvalue weighted by atomic mass is 9.92. The van der Waals surface area contributed by atoms with Gasteiger partial charge in [-0.05, 0) is 12.5 Å². The van der Waals surface area contributed by atoms with Gasteiger partial charge in [0.05, 0.1) is 6.10 Å². The fourth-order valence-electron chi connectivity index (χ4n) is 1.97. The van der Waals surface area contributed by atoms with Crippen molar-refractivity contribution in [3.63, 3.8) is 0 Å². The van der Waals surface area contributed by atoms with Crippen molar-refractivity contribution in [1.82, 2.24) is 0 Å². The first-order valence-electron chi connectivity index (χ1n) is 5.36. The van der Waals surface area contributed by atoms with Gasteiger partial charge in [0.2, 0.25) is 0 Å². The van der Waals surface area contributed by atoms with E-state index in [4.69, 9.17) is 4.74 Å². The third-order valence-electron chi connectivity index (χ3n) is 2.98. The van der Waals surface area contributed by atoms with Crippen LogP contribution in [0.2, 0.25) is 0 Å². The van der Waals surface area contributed by atoms with Gasteiger partial charge in [0.1, 0.15) is 24.4 Å². The molecule has 1 heterocycles. The minimum atomic E-state index is -1.17. The van der Waals surface area contributed by atoms with E-state index in [1.165, 1.54) is 0 Å². The van der Waals surface area contributed by atoms with Crippen LogP contribution in [0, 0.1) is 0 Å². The zero-order valence-electron chi connectivity index (χ0n) is 9.02.